The molecule has 2 fully saturated rings. The zero-order chi connectivity index (χ0) is 42.0. The normalized spacial score (nSPS) is 17.9. The molecule has 2 aliphatic rings. The van der Waals surface area contributed by atoms with Gasteiger partial charge in [-0.25, -0.2) is 19.6 Å². The lowest BCUT2D eigenvalue weighted by Gasteiger charge is -2.29. The van der Waals surface area contributed by atoms with E-state index in [0.29, 0.717) is 13.1 Å². The van der Waals surface area contributed by atoms with Crippen LogP contribution >= 0.6 is 11.3 Å². The van der Waals surface area contributed by atoms with E-state index in [1.807, 2.05) is 43.6 Å². The van der Waals surface area contributed by atoms with Gasteiger partial charge in [0.05, 0.1) is 48.4 Å². The van der Waals surface area contributed by atoms with Crippen molar-refractivity contribution in [3.8, 4) is 20.9 Å². The zero-order valence-electron chi connectivity index (χ0n) is 35.0. The third-order valence-electron chi connectivity index (χ3n) is 11.6. The van der Waals surface area contributed by atoms with Gasteiger partial charge >= 0.3 is 12.2 Å². The molecule has 2 aliphatic heterocycles. The molecule has 4 N–H and O–H groups in total. The van der Waals surface area contributed by atoms with E-state index in [2.05, 4.69) is 63.9 Å². The van der Waals surface area contributed by atoms with Gasteiger partial charge < -0.3 is 39.9 Å². The molecule has 15 heteroatoms. The Labute approximate surface area is 348 Å². The number of aryl methyl sites for hydroxylation is 1. The first-order valence-electron chi connectivity index (χ1n) is 20.8. The highest BCUT2D eigenvalue weighted by molar-refractivity contribution is 7.19. The fourth-order valence-electron chi connectivity index (χ4n) is 8.42. The molecule has 4 atom stereocenters. The van der Waals surface area contributed by atoms with E-state index in [0.717, 1.165) is 94.7 Å². The average molecular weight is 825 g/mol. The molecule has 14 nitrogen and oxygen atoms in total. The first-order chi connectivity index (χ1) is 28.4. The molecule has 7 rings (SSSR count). The summed E-state index contributed by atoms with van der Waals surface area (Å²) in [6.45, 7) is 11.0. The molecule has 314 valence electrons. The van der Waals surface area contributed by atoms with Crippen molar-refractivity contribution in [3.05, 3.63) is 59.7 Å². The number of carbonyl (C=O) groups is 4. The fourth-order valence-corrected chi connectivity index (χ4v) is 9.63. The highest BCUT2D eigenvalue weighted by atomic mass is 32.1. The summed E-state index contributed by atoms with van der Waals surface area (Å²) in [5, 5.41) is 5.45. The van der Waals surface area contributed by atoms with Crippen LogP contribution in [0.3, 0.4) is 0 Å². The van der Waals surface area contributed by atoms with E-state index in [1.54, 1.807) is 11.3 Å². The number of nitrogens with one attached hydrogen (secondary N) is 4. The largest absolute Gasteiger partial charge is 0.453 e. The Kier molecular flexibility index (Phi) is 12.6. The lowest BCUT2D eigenvalue weighted by Crippen LogP contribution is -2.51. The number of methoxy groups -OCH3 is 2. The van der Waals surface area contributed by atoms with Crippen LogP contribution < -0.4 is 10.6 Å². The molecule has 2 saturated heterocycles. The number of carbonyl (C=O) groups excluding carboxylic acids is 4. The number of benzene rings is 2. The molecule has 2 aromatic carbocycles. The van der Waals surface area contributed by atoms with Gasteiger partial charge in [-0.15, -0.1) is 11.3 Å². The number of thiophene rings is 1. The van der Waals surface area contributed by atoms with Crippen LogP contribution in [0.15, 0.2) is 42.5 Å². The molecular weight excluding hydrogens is 769 g/mol. The number of nitrogens with zero attached hydrogens (tertiary/aromatic N) is 4. The zero-order valence-corrected chi connectivity index (χ0v) is 35.8. The van der Waals surface area contributed by atoms with Crippen LogP contribution in [-0.2, 0) is 25.5 Å². The molecule has 59 heavy (non-hydrogen) atoms. The van der Waals surface area contributed by atoms with Crippen LogP contribution in [0.5, 0.6) is 0 Å². The van der Waals surface area contributed by atoms with Gasteiger partial charge in [0, 0.05) is 22.8 Å². The molecule has 4 amide bonds. The van der Waals surface area contributed by atoms with E-state index in [1.165, 1.54) is 24.7 Å². The van der Waals surface area contributed by atoms with Crippen molar-refractivity contribution in [1.29, 1.82) is 0 Å². The summed E-state index contributed by atoms with van der Waals surface area (Å²) < 4.78 is 9.60. The first kappa shape index (κ1) is 41.7. The second-order valence-electron chi connectivity index (χ2n) is 16.4. The summed E-state index contributed by atoms with van der Waals surface area (Å²) >= 11 is 1.77. The Morgan fingerprint density at radius 3 is 1.73 bits per heavy atom. The van der Waals surface area contributed by atoms with Crippen molar-refractivity contribution < 1.29 is 28.7 Å². The topological polar surface area (TPSA) is 175 Å². The fraction of sp³-hybridized carbons (Fsp3) is 0.500. The minimum absolute atomic E-state index is 0.111. The number of likely N-dealkylation sites (tertiary alicyclic amines) is 2. The number of ether oxygens (including phenoxy) is 2. The average Bonchev–Trinajstić information content (AvgIpc) is 4.08. The maximum Gasteiger partial charge on any atom is 0.407 e. The van der Waals surface area contributed by atoms with E-state index in [-0.39, 0.29) is 35.7 Å². The molecular formula is C44H56N8O6S. The quantitative estimate of drug-likeness (QED) is 0.0918. The Bertz CT molecular complexity index is 2330. The SMILES string of the molecule is CCCCc1cc(-c2ccc3nc([C@@H]4CCCN4C(=O)[C@@H](NC(=O)OC)C(C)C)[nH]c3c2)sc1-c1ccc2nc([C@@H]3CCCN3C(=O)[C@@H](NC(=O)OC)C(C)C)[nH]c2c1. The summed E-state index contributed by atoms with van der Waals surface area (Å²) in [5.74, 6) is 1.00. The number of amides is 4. The van der Waals surface area contributed by atoms with E-state index in [9.17, 15) is 19.2 Å². The van der Waals surface area contributed by atoms with Gasteiger partial charge in [-0.3, -0.25) is 9.59 Å². The molecule has 5 heterocycles. The second kappa shape index (κ2) is 17.8. The standard InChI is InChI=1S/C44H56N8O6S/c1-8-9-12-27-23-35(26-15-17-29-31(21-26)47-39(45-29)33-13-10-19-51(33)41(53)36(24(2)3)49-43(55)57-6)59-38(27)28-16-18-30-32(22-28)48-40(46-30)34-14-11-20-52(34)42(54)37(25(4)5)50-44(56)58-7/h15-18,21-25,33-34,36-37H,8-14,19-20H2,1-7H3,(H,45,47)(H,46,48)(H,49,55)(H,50,56)/t33-,34-,36-,37-/m0/s1. The Morgan fingerprint density at radius 1 is 0.763 bits per heavy atom. The number of unbranched alkanes of at least 4 members (excludes halogenated alkanes) is 1. The molecule has 0 saturated carbocycles. The van der Waals surface area contributed by atoms with Crippen molar-refractivity contribution in [2.75, 3.05) is 27.3 Å². The van der Waals surface area contributed by atoms with Crippen molar-refractivity contribution in [1.82, 2.24) is 40.4 Å². The lowest BCUT2D eigenvalue weighted by atomic mass is 10.0. The predicted octanol–water partition coefficient (Wildman–Crippen LogP) is 8.27. The highest BCUT2D eigenvalue weighted by Crippen LogP contribution is 2.42. The van der Waals surface area contributed by atoms with Crippen LogP contribution in [0.2, 0.25) is 0 Å². The van der Waals surface area contributed by atoms with Crippen LogP contribution in [-0.4, -0.2) is 93.1 Å². The van der Waals surface area contributed by atoms with Crippen molar-refractivity contribution in [2.45, 2.75) is 104 Å². The highest BCUT2D eigenvalue weighted by Gasteiger charge is 2.39. The number of aromatic amines is 2. The number of H-pyrrole nitrogens is 2. The molecule has 3 aromatic heterocycles. The first-order valence-corrected chi connectivity index (χ1v) is 21.6. The van der Waals surface area contributed by atoms with E-state index >= 15 is 0 Å². The maximum absolute atomic E-state index is 13.8. The van der Waals surface area contributed by atoms with Gasteiger partial charge in [0.25, 0.3) is 0 Å². The van der Waals surface area contributed by atoms with Gasteiger partial charge in [0.2, 0.25) is 11.8 Å². The molecule has 0 bridgehead atoms. The van der Waals surface area contributed by atoms with Gasteiger partial charge in [0.1, 0.15) is 23.7 Å². The third-order valence-corrected chi connectivity index (χ3v) is 12.9. The maximum atomic E-state index is 13.8. The summed E-state index contributed by atoms with van der Waals surface area (Å²) in [5.41, 5.74) is 6.97. The number of hydrogen-bond acceptors (Lipinski definition) is 9. The molecule has 0 unspecified atom stereocenters. The van der Waals surface area contributed by atoms with Crippen LogP contribution in [0.25, 0.3) is 42.9 Å². The number of imidazole rings is 2. The van der Waals surface area contributed by atoms with Crippen molar-refractivity contribution >= 4 is 57.4 Å². The van der Waals surface area contributed by atoms with Gasteiger partial charge in [-0.1, -0.05) is 53.2 Å². The smallest absolute Gasteiger partial charge is 0.407 e. The second-order valence-corrected chi connectivity index (χ2v) is 17.4. The van der Waals surface area contributed by atoms with Crippen molar-refractivity contribution in [2.24, 2.45) is 11.8 Å². The van der Waals surface area contributed by atoms with Gasteiger partial charge in [0.15, 0.2) is 0 Å². The number of aromatic nitrogens is 4. The number of rotatable bonds is 13. The molecule has 0 aliphatic carbocycles. The van der Waals surface area contributed by atoms with Crippen LogP contribution in [0, 0.1) is 11.8 Å². The molecule has 0 spiro atoms. The molecule has 0 radical (unpaired) electrons. The van der Waals surface area contributed by atoms with E-state index in [4.69, 9.17) is 19.4 Å². The lowest BCUT2D eigenvalue weighted by molar-refractivity contribution is -0.136. The summed E-state index contributed by atoms with van der Waals surface area (Å²) in [6, 6.07) is 13.1. The third kappa shape index (κ3) is 8.66. The Balaban J connectivity index is 1.14. The predicted molar refractivity (Wildman–Crippen MR) is 229 cm³/mol. The summed E-state index contributed by atoms with van der Waals surface area (Å²) in [6.07, 6.45) is 5.11. The number of alkyl carbamates (subject to hydrolysis) is 2. The summed E-state index contributed by atoms with van der Waals surface area (Å²) in [7, 11) is 2.60. The number of hydrogen-bond donors (Lipinski definition) is 4. The number of fused-ring (bicyclic) bond motifs is 2. The monoisotopic (exact) mass is 824 g/mol. The summed E-state index contributed by atoms with van der Waals surface area (Å²) in [4.78, 5) is 74.7. The van der Waals surface area contributed by atoms with Gasteiger partial charge in [-0.2, -0.15) is 0 Å². The molecule has 5 aromatic rings. The minimum atomic E-state index is -0.696. The Hall–Kier alpha value is -5.44. The minimum Gasteiger partial charge on any atom is -0.453 e. The van der Waals surface area contributed by atoms with Gasteiger partial charge in [-0.05, 0) is 97.4 Å². The van der Waals surface area contributed by atoms with Crippen LogP contribution in [0.4, 0.5) is 9.59 Å². The van der Waals surface area contributed by atoms with Crippen molar-refractivity contribution in [3.63, 3.8) is 0 Å². The Morgan fingerprint density at radius 2 is 1.25 bits per heavy atom. The van der Waals surface area contributed by atoms with E-state index < -0.39 is 24.3 Å². The van der Waals surface area contributed by atoms with Crippen LogP contribution in [0.1, 0.15) is 102 Å².